The number of aromatic nitrogens is 3. The number of nitrogens with zero attached hydrogens (tertiary/aromatic N) is 4. The summed E-state index contributed by atoms with van der Waals surface area (Å²) in [5.41, 5.74) is 5.36. The van der Waals surface area contributed by atoms with Gasteiger partial charge >= 0.3 is 0 Å². The summed E-state index contributed by atoms with van der Waals surface area (Å²) in [6.07, 6.45) is 3.79. The van der Waals surface area contributed by atoms with Crippen LogP contribution in [0.3, 0.4) is 0 Å². The fraction of sp³-hybridized carbons (Fsp3) is 0.515. The maximum Gasteiger partial charge on any atom is 0.254 e. The maximum absolute atomic E-state index is 14.1. The van der Waals surface area contributed by atoms with Crippen LogP contribution < -0.4 is 10.5 Å². The minimum Gasteiger partial charge on any atom is -0.482 e. The van der Waals surface area contributed by atoms with Gasteiger partial charge in [-0.1, -0.05) is 23.2 Å². The van der Waals surface area contributed by atoms with Crippen molar-refractivity contribution in [1.82, 2.24) is 19.7 Å². The van der Waals surface area contributed by atoms with Gasteiger partial charge in [-0.25, -0.2) is 9.37 Å². The zero-order chi connectivity index (χ0) is 34.8. The van der Waals surface area contributed by atoms with E-state index >= 15 is 0 Å². The number of ketones is 1. The summed E-state index contributed by atoms with van der Waals surface area (Å²) in [6, 6.07) is 4.39. The molecule has 4 rings (SSSR count). The number of ether oxygens (including phenoxy) is 3. The van der Waals surface area contributed by atoms with Crippen LogP contribution in [-0.2, 0) is 19.1 Å². The van der Waals surface area contributed by atoms with Gasteiger partial charge in [0.2, 0.25) is 0 Å². The molecule has 47 heavy (non-hydrogen) atoms. The van der Waals surface area contributed by atoms with E-state index in [9.17, 15) is 19.1 Å². The molecule has 0 spiro atoms. The lowest BCUT2D eigenvalue weighted by atomic mass is 9.97. The quantitative estimate of drug-likeness (QED) is 0.168. The van der Waals surface area contributed by atoms with E-state index in [2.05, 4.69) is 10.1 Å². The van der Waals surface area contributed by atoms with Crippen molar-refractivity contribution in [1.29, 1.82) is 0 Å². The van der Waals surface area contributed by atoms with E-state index in [0.717, 1.165) is 5.56 Å². The molecule has 1 aromatic carbocycles. The number of nitrogen functional groups attached to an aromatic ring is 1. The lowest BCUT2D eigenvalue weighted by Crippen LogP contribution is -2.53. The Morgan fingerprint density at radius 2 is 1.70 bits per heavy atom. The van der Waals surface area contributed by atoms with E-state index in [1.807, 2.05) is 10.9 Å². The van der Waals surface area contributed by atoms with E-state index in [1.165, 1.54) is 19.1 Å². The number of halogens is 3. The molecule has 1 aliphatic heterocycles. The van der Waals surface area contributed by atoms with Crippen LogP contribution in [-0.4, -0.2) is 73.1 Å². The van der Waals surface area contributed by atoms with Gasteiger partial charge in [-0.2, -0.15) is 5.10 Å². The van der Waals surface area contributed by atoms with E-state index in [0.29, 0.717) is 37.1 Å². The van der Waals surface area contributed by atoms with Gasteiger partial charge in [0, 0.05) is 47.2 Å². The fourth-order valence-electron chi connectivity index (χ4n) is 5.79. The molecule has 2 aromatic heterocycles. The zero-order valence-electron chi connectivity index (χ0n) is 27.6. The minimum atomic E-state index is -1.28. The first kappa shape index (κ1) is 36.5. The number of anilines is 1. The second-order valence-corrected chi connectivity index (χ2v) is 13.5. The Bertz CT molecular complexity index is 1610. The normalized spacial score (nSPS) is 16.5. The molecule has 256 valence electrons. The number of carbonyl (C=O) groups excluding carboxylic acids is 2. The van der Waals surface area contributed by atoms with E-state index in [-0.39, 0.29) is 39.3 Å². The van der Waals surface area contributed by atoms with Crippen LogP contribution in [0.4, 0.5) is 10.2 Å². The number of rotatable bonds is 12. The monoisotopic (exact) mass is 693 g/mol. The highest BCUT2D eigenvalue weighted by Gasteiger charge is 2.41. The molecule has 14 heteroatoms. The average Bonchev–Trinajstić information content (AvgIpc) is 3.49. The number of Topliss-reactive ketones (excluding diaryl/α,β-unsaturated/α-hetero) is 1. The first-order valence-corrected chi connectivity index (χ1v) is 16.1. The van der Waals surface area contributed by atoms with E-state index in [4.69, 9.17) is 43.1 Å². The number of hydrogen-bond acceptors (Lipinski definition) is 9. The Balaban J connectivity index is 1.38. The first-order chi connectivity index (χ1) is 21.9. The number of nitrogens with two attached hydrogens (primary N) is 1. The molecule has 0 saturated carbocycles. The zero-order valence-corrected chi connectivity index (χ0v) is 29.1. The third-order valence-electron chi connectivity index (χ3n) is 8.15. The summed E-state index contributed by atoms with van der Waals surface area (Å²) >= 11 is 12.4. The average molecular weight is 695 g/mol. The van der Waals surface area contributed by atoms with Crippen molar-refractivity contribution in [2.24, 2.45) is 0 Å². The number of carbonyl (C=O) groups is 2. The number of aliphatic hydroxyl groups excluding tert-OH is 1. The molecule has 0 aliphatic carbocycles. The van der Waals surface area contributed by atoms with Crippen LogP contribution in [0.1, 0.15) is 79.0 Å². The highest BCUT2D eigenvalue weighted by Crippen LogP contribution is 2.37. The first-order valence-electron chi connectivity index (χ1n) is 15.4. The van der Waals surface area contributed by atoms with Crippen molar-refractivity contribution in [3.8, 4) is 16.9 Å². The van der Waals surface area contributed by atoms with Crippen molar-refractivity contribution in [2.45, 2.75) is 97.0 Å². The second kappa shape index (κ2) is 14.4. The number of pyridine rings is 1. The summed E-state index contributed by atoms with van der Waals surface area (Å²) in [6.45, 7) is 12.1. The number of aliphatic hydroxyl groups is 1. The summed E-state index contributed by atoms with van der Waals surface area (Å²) in [5.74, 6) is -0.771. The molecule has 2 unspecified atom stereocenters. The van der Waals surface area contributed by atoms with Crippen LogP contribution in [0.2, 0.25) is 10.0 Å². The lowest BCUT2D eigenvalue weighted by molar-refractivity contribution is -0.192. The van der Waals surface area contributed by atoms with Gasteiger partial charge in [0.05, 0.1) is 17.3 Å². The molecule has 1 saturated heterocycles. The summed E-state index contributed by atoms with van der Waals surface area (Å²) in [7, 11) is 0. The predicted molar refractivity (Wildman–Crippen MR) is 177 cm³/mol. The molecule has 0 bridgehead atoms. The maximum atomic E-state index is 14.1. The highest BCUT2D eigenvalue weighted by molar-refractivity contribution is 6.36. The molecule has 3 atom stereocenters. The van der Waals surface area contributed by atoms with Crippen molar-refractivity contribution in [3.63, 3.8) is 0 Å². The summed E-state index contributed by atoms with van der Waals surface area (Å²) in [4.78, 5) is 32.4. The molecular weight excluding hydrogens is 652 g/mol. The smallest absolute Gasteiger partial charge is 0.254 e. The molecule has 3 aromatic rings. The van der Waals surface area contributed by atoms with Gasteiger partial charge in [0.15, 0.2) is 23.6 Å². The topological polar surface area (TPSA) is 142 Å². The van der Waals surface area contributed by atoms with Gasteiger partial charge in [-0.3, -0.25) is 14.3 Å². The Hall–Kier alpha value is -3.29. The van der Waals surface area contributed by atoms with Crippen LogP contribution in [0, 0.1) is 5.82 Å². The number of hydrogen-bond donors (Lipinski definition) is 2. The number of likely N-dealkylation sites (tertiary alicyclic amines) is 1. The lowest BCUT2D eigenvalue weighted by Gasteiger charge is -2.38. The largest absolute Gasteiger partial charge is 0.482 e. The molecule has 1 aliphatic rings. The fourth-order valence-corrected chi connectivity index (χ4v) is 6.47. The van der Waals surface area contributed by atoms with Gasteiger partial charge in [0.25, 0.3) is 5.91 Å². The Kier molecular flexibility index (Phi) is 11.2. The second-order valence-electron chi connectivity index (χ2n) is 12.7. The molecule has 1 amide bonds. The Labute approximate surface area is 284 Å². The van der Waals surface area contributed by atoms with Gasteiger partial charge in [-0.05, 0) is 79.5 Å². The highest BCUT2D eigenvalue weighted by atomic mass is 35.5. The summed E-state index contributed by atoms with van der Waals surface area (Å²) < 4.78 is 33.3. The molecule has 1 fully saturated rings. The van der Waals surface area contributed by atoms with Gasteiger partial charge in [-0.15, -0.1) is 0 Å². The third-order valence-corrected chi connectivity index (χ3v) is 8.86. The van der Waals surface area contributed by atoms with Gasteiger partial charge in [0.1, 0.15) is 29.2 Å². The number of piperidine rings is 1. The number of benzene rings is 1. The van der Waals surface area contributed by atoms with Crippen LogP contribution in [0.5, 0.6) is 5.75 Å². The molecule has 3 heterocycles. The van der Waals surface area contributed by atoms with E-state index in [1.54, 1.807) is 64.9 Å². The molecular formula is C33H42Cl2FN5O6. The van der Waals surface area contributed by atoms with Crippen molar-refractivity contribution >= 4 is 40.7 Å². The van der Waals surface area contributed by atoms with Crippen molar-refractivity contribution < 1.29 is 33.3 Å². The van der Waals surface area contributed by atoms with E-state index < -0.39 is 35.5 Å². The Morgan fingerprint density at radius 3 is 2.34 bits per heavy atom. The molecule has 0 radical (unpaired) electrons. The number of amides is 1. The SMILES string of the molecule is CC(O)OC(C)(C)C(=O)C(C)OC(C)(C)C(=O)N1CCC(n2cc(-c3cnc(N)c(O[C@H](C)c4c(Cl)ccc(F)c4Cl)c3)cn2)CC1. The summed E-state index contributed by atoms with van der Waals surface area (Å²) in [5, 5.41) is 14.3. The standard InChI is InChI=1S/C33H42Cl2FN5O6/c1-18(27-24(34)8-9-25(36)28(27)35)45-26-14-21(15-38-30(26)37)22-16-39-41(17-22)23-10-12-40(13-11-23)31(44)33(6,7)46-19(2)29(43)32(4,5)47-20(3)42/h8-9,14-20,23,42H,10-13H2,1-7H3,(H2,37,38)/t18-,19?,20?/m1/s1. The third kappa shape index (κ3) is 8.42. The predicted octanol–water partition coefficient (Wildman–Crippen LogP) is 6.16. The molecule has 3 N–H and O–H groups in total. The molecule has 11 nitrogen and oxygen atoms in total. The minimum absolute atomic E-state index is 0.0468. The van der Waals surface area contributed by atoms with Crippen molar-refractivity contribution in [2.75, 3.05) is 18.8 Å². The van der Waals surface area contributed by atoms with Crippen LogP contribution >= 0.6 is 23.2 Å². The van der Waals surface area contributed by atoms with Gasteiger partial charge < -0.3 is 30.0 Å². The Morgan fingerprint density at radius 1 is 1.04 bits per heavy atom. The van der Waals surface area contributed by atoms with Crippen molar-refractivity contribution in [3.05, 3.63) is 58.2 Å². The van der Waals surface area contributed by atoms with Crippen LogP contribution in [0.15, 0.2) is 36.8 Å². The van der Waals surface area contributed by atoms with Crippen LogP contribution in [0.25, 0.3) is 11.1 Å².